The van der Waals surface area contributed by atoms with Crippen molar-refractivity contribution in [3.8, 4) is 11.9 Å². The number of anilines is 1. The molecule has 0 fully saturated rings. The first-order valence-corrected chi connectivity index (χ1v) is 12.0. The Morgan fingerprint density at radius 3 is 2.72 bits per heavy atom. The fourth-order valence-corrected chi connectivity index (χ4v) is 3.78. The highest BCUT2D eigenvalue weighted by Gasteiger charge is 2.14. The van der Waals surface area contributed by atoms with Crippen LogP contribution in [-0.4, -0.2) is 19.5 Å². The highest BCUT2D eigenvalue weighted by Crippen LogP contribution is 2.27. The summed E-state index contributed by atoms with van der Waals surface area (Å²) in [6.45, 7) is 6.28. The van der Waals surface area contributed by atoms with Crippen LogP contribution in [0.5, 0.6) is 5.88 Å². The number of nitrogens with zero attached hydrogens (tertiary/aromatic N) is 5. The molecule has 3 heterocycles. The summed E-state index contributed by atoms with van der Waals surface area (Å²) < 4.78 is 8.07. The third kappa shape index (κ3) is 5.97. The van der Waals surface area contributed by atoms with Crippen molar-refractivity contribution in [2.75, 3.05) is 5.32 Å². The fourth-order valence-electron chi connectivity index (χ4n) is 3.78. The number of hydrogen-bond acceptors (Lipinski definition) is 6. The predicted octanol–water partition coefficient (Wildman–Crippen LogP) is 6.48. The number of hydrogen-bond donors (Lipinski definition) is 1. The molecule has 1 unspecified atom stereocenters. The van der Waals surface area contributed by atoms with Gasteiger partial charge in [-0.05, 0) is 73.7 Å². The average Bonchev–Trinajstić information content (AvgIpc) is 3.28. The van der Waals surface area contributed by atoms with Crippen molar-refractivity contribution in [1.29, 1.82) is 5.26 Å². The molecule has 3 aromatic heterocycles. The quantitative estimate of drug-likeness (QED) is 0.294. The van der Waals surface area contributed by atoms with E-state index in [9.17, 15) is 0 Å². The summed E-state index contributed by atoms with van der Waals surface area (Å²) in [7, 11) is 1.94. The zero-order valence-corrected chi connectivity index (χ0v) is 21.1. The van der Waals surface area contributed by atoms with E-state index in [1.807, 2.05) is 61.2 Å². The molecule has 0 spiro atoms. The van der Waals surface area contributed by atoms with Gasteiger partial charge in [0.05, 0.1) is 23.8 Å². The van der Waals surface area contributed by atoms with Crippen LogP contribution in [0, 0.1) is 17.2 Å². The van der Waals surface area contributed by atoms with Crippen molar-refractivity contribution in [2.24, 2.45) is 13.0 Å². The second kappa shape index (κ2) is 11.3. The zero-order valence-electron chi connectivity index (χ0n) is 21.1. The van der Waals surface area contributed by atoms with Crippen LogP contribution < -0.4 is 10.1 Å². The highest BCUT2D eigenvalue weighted by atomic mass is 16.5. The number of aromatic nitrogens is 4. The first-order valence-electron chi connectivity index (χ1n) is 12.0. The largest absolute Gasteiger partial charge is 0.445 e. The fraction of sp³-hybridized carbons (Fsp3) is 0.241. The minimum Gasteiger partial charge on any atom is -0.445 e. The number of nitrogens with one attached hydrogen (secondary N) is 1. The van der Waals surface area contributed by atoms with Crippen LogP contribution in [0.1, 0.15) is 39.2 Å². The molecule has 0 radical (unpaired) electrons. The van der Waals surface area contributed by atoms with E-state index in [4.69, 9.17) is 10.00 Å². The monoisotopic (exact) mass is 478 g/mol. The van der Waals surface area contributed by atoms with Crippen LogP contribution in [0.4, 0.5) is 5.95 Å². The summed E-state index contributed by atoms with van der Waals surface area (Å²) in [6, 6.07) is 8.20. The van der Waals surface area contributed by atoms with Gasteiger partial charge in [0.25, 0.3) is 0 Å². The molecular weight excluding hydrogens is 448 g/mol. The molecule has 0 amide bonds. The molecule has 4 rings (SSSR count). The van der Waals surface area contributed by atoms with Gasteiger partial charge in [0, 0.05) is 31.3 Å². The molecule has 7 heteroatoms. The summed E-state index contributed by atoms with van der Waals surface area (Å²) in [5.74, 6) is 0.806. The van der Waals surface area contributed by atoms with Gasteiger partial charge in [-0.2, -0.15) is 10.2 Å². The molecule has 0 aliphatic heterocycles. The normalized spacial score (nSPS) is 16.6. The molecule has 0 aromatic carbocycles. The SMILES string of the molecule is CC\C(C)=C/C(=C\C(C)=C\Oc1nc(NC2=CCC(C#N)C=C2)nc2ccn(C)c12)c1ccncc1. The van der Waals surface area contributed by atoms with E-state index < -0.39 is 0 Å². The number of pyridine rings is 1. The smallest absolute Gasteiger partial charge is 0.248 e. The Bertz CT molecular complexity index is 1430. The Balaban J connectivity index is 1.63. The van der Waals surface area contributed by atoms with Gasteiger partial charge in [-0.25, -0.2) is 4.98 Å². The standard InChI is InChI=1S/C29H30N6O/c1-5-20(2)16-24(23-10-13-31-14-11-23)17-21(3)19-36-28-27-26(12-15-35(27)4)33-29(34-28)32-25-8-6-22(18-30)7-9-25/h6,8-17,19,22H,5,7H2,1-4H3,(H,32,33,34)/b20-16-,21-19+,24-17+. The predicted molar refractivity (Wildman–Crippen MR) is 144 cm³/mol. The van der Waals surface area contributed by atoms with Gasteiger partial charge in [-0.1, -0.05) is 30.7 Å². The lowest BCUT2D eigenvalue weighted by molar-refractivity contribution is 0.461. The molecule has 36 heavy (non-hydrogen) atoms. The maximum Gasteiger partial charge on any atom is 0.248 e. The number of nitriles is 1. The molecule has 7 nitrogen and oxygen atoms in total. The molecule has 1 atom stereocenters. The first-order chi connectivity index (χ1) is 17.5. The topological polar surface area (TPSA) is 88.6 Å². The number of rotatable bonds is 8. The van der Waals surface area contributed by atoms with Gasteiger partial charge < -0.3 is 14.6 Å². The molecule has 1 aliphatic rings. The summed E-state index contributed by atoms with van der Waals surface area (Å²) in [4.78, 5) is 13.4. The Morgan fingerprint density at radius 1 is 1.22 bits per heavy atom. The Morgan fingerprint density at radius 2 is 2.03 bits per heavy atom. The third-order valence-corrected chi connectivity index (χ3v) is 5.92. The number of aryl methyl sites for hydroxylation is 1. The van der Waals surface area contributed by atoms with E-state index in [0.29, 0.717) is 18.2 Å². The van der Waals surface area contributed by atoms with E-state index in [0.717, 1.165) is 39.9 Å². The van der Waals surface area contributed by atoms with Gasteiger partial charge in [0.15, 0.2) is 0 Å². The van der Waals surface area contributed by atoms with Crippen molar-refractivity contribution >= 4 is 22.6 Å². The van der Waals surface area contributed by atoms with E-state index in [1.54, 1.807) is 18.7 Å². The molecular formula is C29H30N6O. The minimum absolute atomic E-state index is 0.0962. The molecule has 182 valence electrons. The molecule has 1 N–H and O–H groups in total. The maximum absolute atomic E-state index is 9.09. The number of fused-ring (bicyclic) bond motifs is 1. The van der Waals surface area contributed by atoms with Crippen LogP contribution in [-0.2, 0) is 7.05 Å². The zero-order chi connectivity index (χ0) is 25.5. The maximum atomic E-state index is 9.09. The highest BCUT2D eigenvalue weighted by molar-refractivity contribution is 5.82. The lowest BCUT2D eigenvalue weighted by Crippen LogP contribution is -2.07. The minimum atomic E-state index is -0.0962. The van der Waals surface area contributed by atoms with E-state index in [-0.39, 0.29) is 5.92 Å². The van der Waals surface area contributed by atoms with Gasteiger partial charge in [0.2, 0.25) is 11.8 Å². The van der Waals surface area contributed by atoms with Crippen LogP contribution in [0.15, 0.2) is 90.3 Å². The first kappa shape index (κ1) is 24.7. The molecule has 1 aliphatic carbocycles. The lowest BCUT2D eigenvalue weighted by Gasteiger charge is -2.13. The number of ether oxygens (including phenoxy) is 1. The van der Waals surface area contributed by atoms with Crippen molar-refractivity contribution in [2.45, 2.75) is 33.6 Å². The van der Waals surface area contributed by atoms with Gasteiger partial charge in [0.1, 0.15) is 5.52 Å². The second-order valence-electron chi connectivity index (χ2n) is 8.79. The summed E-state index contributed by atoms with van der Waals surface area (Å²) in [6.07, 6.45) is 18.9. The van der Waals surface area contributed by atoms with Crippen molar-refractivity contribution in [1.82, 2.24) is 19.5 Å². The van der Waals surface area contributed by atoms with Crippen LogP contribution in [0.25, 0.3) is 16.6 Å². The Labute approximate surface area is 211 Å². The molecule has 0 saturated carbocycles. The van der Waals surface area contributed by atoms with Crippen molar-refractivity contribution < 1.29 is 4.74 Å². The van der Waals surface area contributed by atoms with Crippen LogP contribution >= 0.6 is 0 Å². The molecule has 0 saturated heterocycles. The van der Waals surface area contributed by atoms with Crippen LogP contribution in [0.3, 0.4) is 0 Å². The van der Waals surface area contributed by atoms with E-state index >= 15 is 0 Å². The van der Waals surface area contributed by atoms with Gasteiger partial charge in [-0.15, -0.1) is 0 Å². The van der Waals surface area contributed by atoms with E-state index in [2.05, 4.69) is 52.3 Å². The van der Waals surface area contributed by atoms with Gasteiger partial charge in [-0.3, -0.25) is 4.98 Å². The summed E-state index contributed by atoms with van der Waals surface area (Å²) in [5.41, 5.74) is 6.86. The average molecular weight is 479 g/mol. The van der Waals surface area contributed by atoms with Crippen molar-refractivity contribution in [3.63, 3.8) is 0 Å². The molecule has 0 bridgehead atoms. The number of allylic oxidation sites excluding steroid dienone is 8. The third-order valence-electron chi connectivity index (χ3n) is 5.92. The Hall–Kier alpha value is -4.44. The van der Waals surface area contributed by atoms with Crippen molar-refractivity contribution in [3.05, 3.63) is 95.8 Å². The summed E-state index contributed by atoms with van der Waals surface area (Å²) in [5, 5.41) is 12.3. The van der Waals surface area contributed by atoms with Crippen LogP contribution in [0.2, 0.25) is 0 Å². The Kier molecular flexibility index (Phi) is 7.76. The summed E-state index contributed by atoms with van der Waals surface area (Å²) >= 11 is 0. The van der Waals surface area contributed by atoms with Gasteiger partial charge >= 0.3 is 0 Å². The molecule has 3 aromatic rings. The lowest BCUT2D eigenvalue weighted by atomic mass is 10.0. The van der Waals surface area contributed by atoms with E-state index in [1.165, 1.54) is 5.57 Å². The second-order valence-corrected chi connectivity index (χ2v) is 8.79.